The smallest absolute Gasteiger partial charge is 0.418 e. The number of aliphatic hydroxyl groups excluding tert-OH is 1. The minimum atomic E-state index is -6.00. The van der Waals surface area contributed by atoms with Gasteiger partial charge >= 0.3 is 7.25 Å². The van der Waals surface area contributed by atoms with Crippen molar-refractivity contribution in [3.8, 4) is 0 Å². The van der Waals surface area contributed by atoms with Gasteiger partial charge in [0.2, 0.25) is 0 Å². The van der Waals surface area contributed by atoms with Crippen LogP contribution in [0.4, 0.5) is 17.3 Å². The Morgan fingerprint density at radius 2 is 1.47 bits per heavy atom. The topological polar surface area (TPSA) is 62.9 Å². The monoisotopic (exact) mass is 234 g/mol. The molecule has 15 heavy (non-hydrogen) atoms. The molecule has 0 aliphatic carbocycles. The van der Waals surface area contributed by atoms with Crippen LogP contribution in [0, 0.1) is 0 Å². The van der Waals surface area contributed by atoms with E-state index in [0.717, 1.165) is 32.5 Å². The van der Waals surface area contributed by atoms with Crippen molar-refractivity contribution >= 4 is 7.25 Å². The minimum absolute atomic E-state index is 0.313. The highest BCUT2D eigenvalue weighted by atomic mass is 19.5. The van der Waals surface area contributed by atoms with Crippen molar-refractivity contribution in [1.82, 2.24) is 0 Å². The summed E-state index contributed by atoms with van der Waals surface area (Å²) in [6.45, 7) is 3.31. The largest absolute Gasteiger partial charge is 0.673 e. The molecule has 8 heteroatoms. The first-order chi connectivity index (χ1) is 6.91. The van der Waals surface area contributed by atoms with Crippen molar-refractivity contribution in [2.24, 2.45) is 5.73 Å². The van der Waals surface area contributed by atoms with Gasteiger partial charge in [0.1, 0.15) is 0 Å². The Labute approximate surface area is 87.1 Å². The standard InChI is InChI=1S/C7H18N2O.BF4/c8-4-1-2-5-9-6-3-7-10;2-1(3,4)5/h9-10H,1-8H2;/q;-1/p+1. The maximum Gasteiger partial charge on any atom is 0.673 e. The molecular weight excluding hydrogens is 215 g/mol. The molecule has 0 spiro atoms. The number of halogens is 4. The third kappa shape index (κ3) is 41.9. The molecule has 0 heterocycles. The molecule has 3 nitrogen and oxygen atoms in total. The third-order valence-electron chi connectivity index (χ3n) is 1.43. The van der Waals surface area contributed by atoms with Crippen molar-refractivity contribution in [3.05, 3.63) is 0 Å². The summed E-state index contributed by atoms with van der Waals surface area (Å²) >= 11 is 0. The summed E-state index contributed by atoms with van der Waals surface area (Å²) in [5.74, 6) is 0. The molecule has 0 aromatic heterocycles. The molecule has 0 rings (SSSR count). The van der Waals surface area contributed by atoms with Gasteiger partial charge in [-0.05, 0) is 19.4 Å². The first-order valence-electron chi connectivity index (χ1n) is 4.91. The summed E-state index contributed by atoms with van der Waals surface area (Å²) in [6.07, 6.45) is 3.22. The number of aliphatic hydroxyl groups is 1. The normalized spacial score (nSPS) is 10.8. The molecule has 0 aliphatic rings. The van der Waals surface area contributed by atoms with Gasteiger partial charge in [-0.25, -0.2) is 0 Å². The van der Waals surface area contributed by atoms with Crippen LogP contribution in [0.3, 0.4) is 0 Å². The van der Waals surface area contributed by atoms with Gasteiger partial charge in [0.15, 0.2) is 0 Å². The number of hydrogen-bond acceptors (Lipinski definition) is 2. The van der Waals surface area contributed by atoms with Crippen LogP contribution in [0.2, 0.25) is 0 Å². The molecule has 0 aromatic rings. The average molecular weight is 234 g/mol. The SMILES string of the molecule is F[B-](F)(F)F.NCCCC[NH2+]CCCO. The highest BCUT2D eigenvalue weighted by Crippen LogP contribution is 2.06. The van der Waals surface area contributed by atoms with E-state index < -0.39 is 7.25 Å². The molecule has 0 bridgehead atoms. The summed E-state index contributed by atoms with van der Waals surface area (Å²) in [6, 6.07) is 0. The molecule has 0 saturated heterocycles. The fraction of sp³-hybridized carbons (Fsp3) is 1.00. The van der Waals surface area contributed by atoms with Gasteiger partial charge in [0.25, 0.3) is 0 Å². The van der Waals surface area contributed by atoms with Gasteiger partial charge in [-0.2, -0.15) is 0 Å². The molecule has 0 fully saturated rings. The lowest BCUT2D eigenvalue weighted by molar-refractivity contribution is -0.655. The molecule has 5 N–H and O–H groups in total. The molecule has 0 atom stereocenters. The zero-order valence-electron chi connectivity index (χ0n) is 8.64. The lowest BCUT2D eigenvalue weighted by Crippen LogP contribution is -2.84. The number of nitrogens with two attached hydrogens (primary N) is 2. The average Bonchev–Trinajstić information content (AvgIpc) is 2.08. The predicted octanol–water partition coefficient (Wildman–Crippen LogP) is -0.0289. The Kier molecular flexibility index (Phi) is 13.4. The summed E-state index contributed by atoms with van der Waals surface area (Å²) in [4.78, 5) is 0. The number of rotatable bonds is 7. The van der Waals surface area contributed by atoms with Gasteiger partial charge in [0, 0.05) is 13.0 Å². The first kappa shape index (κ1) is 17.1. The van der Waals surface area contributed by atoms with Crippen molar-refractivity contribution in [2.75, 3.05) is 26.2 Å². The third-order valence-corrected chi connectivity index (χ3v) is 1.43. The molecule has 0 amide bonds. The van der Waals surface area contributed by atoms with Crippen molar-refractivity contribution in [2.45, 2.75) is 19.3 Å². The second kappa shape index (κ2) is 11.7. The summed E-state index contributed by atoms with van der Waals surface area (Å²) in [5, 5.41) is 10.7. The lowest BCUT2D eigenvalue weighted by atomic mass is 10.3. The maximum absolute atomic E-state index is 9.75. The summed E-state index contributed by atoms with van der Waals surface area (Å²) in [7, 11) is -6.00. The number of unbranched alkanes of at least 4 members (excludes halogenated alkanes) is 1. The van der Waals surface area contributed by atoms with Crippen LogP contribution < -0.4 is 11.1 Å². The Morgan fingerprint density at radius 3 is 1.87 bits per heavy atom. The zero-order valence-corrected chi connectivity index (χ0v) is 8.64. The van der Waals surface area contributed by atoms with Crippen molar-refractivity contribution < 1.29 is 27.7 Å². The fourth-order valence-corrected chi connectivity index (χ4v) is 0.813. The second-order valence-electron chi connectivity index (χ2n) is 2.93. The Hall–Kier alpha value is -0.335. The lowest BCUT2D eigenvalue weighted by Gasteiger charge is -1.98. The fourth-order valence-electron chi connectivity index (χ4n) is 0.813. The van der Waals surface area contributed by atoms with Crippen LogP contribution in [-0.4, -0.2) is 38.6 Å². The van der Waals surface area contributed by atoms with E-state index in [1.54, 1.807) is 0 Å². The van der Waals surface area contributed by atoms with Crippen molar-refractivity contribution in [3.63, 3.8) is 0 Å². The summed E-state index contributed by atoms with van der Waals surface area (Å²) in [5.41, 5.74) is 5.32. The van der Waals surface area contributed by atoms with Crippen LogP contribution in [0.15, 0.2) is 0 Å². The first-order valence-corrected chi connectivity index (χ1v) is 4.91. The van der Waals surface area contributed by atoms with E-state index in [1.165, 1.54) is 6.42 Å². The van der Waals surface area contributed by atoms with Crippen LogP contribution in [0.25, 0.3) is 0 Å². The van der Waals surface area contributed by atoms with E-state index in [0.29, 0.717) is 6.61 Å². The Bertz CT molecular complexity index is 112. The van der Waals surface area contributed by atoms with E-state index in [4.69, 9.17) is 10.8 Å². The predicted molar refractivity (Wildman–Crippen MR) is 51.8 cm³/mol. The maximum atomic E-state index is 9.75. The molecule has 0 unspecified atom stereocenters. The van der Waals surface area contributed by atoms with E-state index in [1.807, 2.05) is 0 Å². The van der Waals surface area contributed by atoms with E-state index in [2.05, 4.69) is 5.32 Å². The molecular formula is C7H19BF4N2O. The van der Waals surface area contributed by atoms with Crippen LogP contribution in [0.1, 0.15) is 19.3 Å². The van der Waals surface area contributed by atoms with Crippen LogP contribution in [-0.2, 0) is 0 Å². The highest BCUT2D eigenvalue weighted by molar-refractivity contribution is 6.50. The molecule has 0 aromatic carbocycles. The van der Waals surface area contributed by atoms with Gasteiger partial charge in [-0.3, -0.25) is 0 Å². The minimum Gasteiger partial charge on any atom is -0.418 e. The Morgan fingerprint density at radius 1 is 1.00 bits per heavy atom. The number of hydrogen-bond donors (Lipinski definition) is 3. The number of quaternary nitrogens is 1. The molecule has 94 valence electrons. The van der Waals surface area contributed by atoms with Gasteiger partial charge in [-0.1, -0.05) is 0 Å². The van der Waals surface area contributed by atoms with Gasteiger partial charge < -0.3 is 33.4 Å². The van der Waals surface area contributed by atoms with Crippen LogP contribution in [0.5, 0.6) is 0 Å². The van der Waals surface area contributed by atoms with E-state index in [9.17, 15) is 17.3 Å². The highest BCUT2D eigenvalue weighted by Gasteiger charge is 2.20. The second-order valence-corrected chi connectivity index (χ2v) is 2.93. The zero-order chi connectivity index (χ0) is 12.2. The van der Waals surface area contributed by atoms with E-state index in [-0.39, 0.29) is 0 Å². The molecule has 0 radical (unpaired) electrons. The molecule has 0 aliphatic heterocycles. The van der Waals surface area contributed by atoms with Crippen molar-refractivity contribution in [1.29, 1.82) is 0 Å². The van der Waals surface area contributed by atoms with E-state index >= 15 is 0 Å². The summed E-state index contributed by atoms with van der Waals surface area (Å²) < 4.78 is 39.0. The van der Waals surface area contributed by atoms with Gasteiger partial charge in [-0.15, -0.1) is 0 Å². The van der Waals surface area contributed by atoms with Crippen LogP contribution >= 0.6 is 0 Å². The Balaban J connectivity index is 0. The molecule has 0 saturated carbocycles. The quantitative estimate of drug-likeness (QED) is 0.329. The van der Waals surface area contributed by atoms with Gasteiger partial charge in [0.05, 0.1) is 13.1 Å².